The summed E-state index contributed by atoms with van der Waals surface area (Å²) in [5.74, 6) is -0.395. The second kappa shape index (κ2) is 10.6. The number of carbonyl (C=O) groups excluding carboxylic acids is 1. The monoisotopic (exact) mass is 495 g/mol. The number of fused-ring (bicyclic) bond motifs is 1. The van der Waals surface area contributed by atoms with Crippen LogP contribution in [0, 0.1) is 12.8 Å². The first-order valence-corrected chi connectivity index (χ1v) is 13.1. The molecule has 0 spiro atoms. The molecule has 1 aliphatic rings. The molecule has 4 aromatic rings. The van der Waals surface area contributed by atoms with E-state index in [0.717, 1.165) is 27.7 Å². The lowest BCUT2D eigenvalue weighted by molar-refractivity contribution is 0.0697. The zero-order chi connectivity index (χ0) is 25.9. The van der Waals surface area contributed by atoms with Crippen molar-refractivity contribution in [3.8, 4) is 11.1 Å². The lowest BCUT2D eigenvalue weighted by atomic mass is 9.84. The van der Waals surface area contributed by atoms with Gasteiger partial charge in [0, 0.05) is 17.0 Å². The Hall–Kier alpha value is -3.93. The Labute approximate surface area is 217 Å². The fourth-order valence-corrected chi connectivity index (χ4v) is 5.53. The first-order valence-electron chi connectivity index (χ1n) is 13.1. The number of aromatic carboxylic acids is 1. The van der Waals surface area contributed by atoms with Crippen molar-refractivity contribution < 1.29 is 14.7 Å². The van der Waals surface area contributed by atoms with Gasteiger partial charge in [-0.2, -0.15) is 5.10 Å². The number of carbonyl (C=O) groups is 2. The molecule has 190 valence electrons. The van der Waals surface area contributed by atoms with E-state index in [1.54, 1.807) is 12.1 Å². The van der Waals surface area contributed by atoms with Crippen molar-refractivity contribution in [3.63, 3.8) is 0 Å². The van der Waals surface area contributed by atoms with E-state index in [2.05, 4.69) is 12.2 Å². The summed E-state index contributed by atoms with van der Waals surface area (Å²) in [6, 6.07) is 20.9. The van der Waals surface area contributed by atoms with Gasteiger partial charge < -0.3 is 10.4 Å². The van der Waals surface area contributed by atoms with E-state index in [0.29, 0.717) is 23.6 Å². The van der Waals surface area contributed by atoms with Gasteiger partial charge in [-0.05, 0) is 73.6 Å². The summed E-state index contributed by atoms with van der Waals surface area (Å²) in [5.41, 5.74) is 5.44. The van der Waals surface area contributed by atoms with Gasteiger partial charge in [0.05, 0.1) is 23.3 Å². The predicted octanol–water partition coefficient (Wildman–Crippen LogP) is 6.46. The maximum absolute atomic E-state index is 13.0. The molecule has 1 heterocycles. The van der Waals surface area contributed by atoms with Crippen LogP contribution in [0.25, 0.3) is 22.0 Å². The number of carboxylic acid groups (broad SMARTS) is 1. The first kappa shape index (κ1) is 24.8. The van der Waals surface area contributed by atoms with Crippen LogP contribution in [0.4, 0.5) is 0 Å². The van der Waals surface area contributed by atoms with Gasteiger partial charge in [0.25, 0.3) is 5.91 Å². The number of benzene rings is 3. The minimum atomic E-state index is -0.936. The summed E-state index contributed by atoms with van der Waals surface area (Å²) in [7, 11) is 0. The molecular weight excluding hydrogens is 462 g/mol. The van der Waals surface area contributed by atoms with Crippen LogP contribution in [0.15, 0.2) is 66.7 Å². The first-order chi connectivity index (χ1) is 17.9. The van der Waals surface area contributed by atoms with Gasteiger partial charge in [0.1, 0.15) is 0 Å². The number of nitrogens with one attached hydrogen (secondary N) is 1. The van der Waals surface area contributed by atoms with Gasteiger partial charge in [-0.3, -0.25) is 9.48 Å². The number of aryl methyl sites for hydroxylation is 1. The van der Waals surface area contributed by atoms with Crippen molar-refractivity contribution in [2.75, 3.05) is 0 Å². The Morgan fingerprint density at radius 3 is 2.49 bits per heavy atom. The van der Waals surface area contributed by atoms with Crippen LogP contribution in [0.1, 0.15) is 71.0 Å². The SMILES string of the molecule is Cc1nn(Cc2ccc(-c3ccccc3C(=O)O)cc2)c2ccc(C(=O)N[C@H](C)C3CCCCC3)cc12. The fourth-order valence-electron chi connectivity index (χ4n) is 5.53. The molecule has 1 amide bonds. The molecule has 3 aromatic carbocycles. The van der Waals surface area contributed by atoms with E-state index < -0.39 is 5.97 Å². The van der Waals surface area contributed by atoms with Gasteiger partial charge in [0.2, 0.25) is 0 Å². The van der Waals surface area contributed by atoms with Crippen LogP contribution in [-0.4, -0.2) is 32.8 Å². The largest absolute Gasteiger partial charge is 0.478 e. The standard InChI is InChI=1S/C31H33N3O3/c1-20(23-8-4-3-5-9-23)32-30(35)25-16-17-29-28(18-25)21(2)33-34(29)19-22-12-14-24(15-13-22)26-10-6-7-11-27(26)31(36)37/h6-7,10-18,20,23H,3-5,8-9,19H2,1-2H3,(H,32,35)(H,36,37)/t20-/m1/s1. The lowest BCUT2D eigenvalue weighted by Crippen LogP contribution is -2.38. The third-order valence-corrected chi connectivity index (χ3v) is 7.67. The summed E-state index contributed by atoms with van der Waals surface area (Å²) in [6.45, 7) is 4.67. The molecule has 0 radical (unpaired) electrons. The molecule has 0 aliphatic heterocycles. The summed E-state index contributed by atoms with van der Waals surface area (Å²) in [6.07, 6.45) is 6.21. The van der Waals surface area contributed by atoms with Gasteiger partial charge in [0.15, 0.2) is 0 Å². The van der Waals surface area contributed by atoms with Gasteiger partial charge in [-0.1, -0.05) is 61.7 Å². The van der Waals surface area contributed by atoms with E-state index in [1.807, 2.05) is 66.2 Å². The van der Waals surface area contributed by atoms with Crippen molar-refractivity contribution in [2.45, 2.75) is 58.5 Å². The van der Waals surface area contributed by atoms with Gasteiger partial charge in [-0.15, -0.1) is 0 Å². The molecule has 6 heteroatoms. The minimum absolute atomic E-state index is 0.0237. The normalized spacial score (nSPS) is 15.0. The zero-order valence-electron chi connectivity index (χ0n) is 21.4. The van der Waals surface area contributed by atoms with Crippen LogP contribution in [-0.2, 0) is 6.54 Å². The number of hydrogen-bond acceptors (Lipinski definition) is 3. The Bertz CT molecular complexity index is 1430. The number of amides is 1. The molecule has 0 unspecified atom stereocenters. The Morgan fingerprint density at radius 2 is 1.76 bits per heavy atom. The molecule has 1 aromatic heterocycles. The van der Waals surface area contributed by atoms with Crippen molar-refractivity contribution in [3.05, 3.63) is 89.1 Å². The van der Waals surface area contributed by atoms with E-state index in [9.17, 15) is 14.7 Å². The number of rotatable bonds is 7. The summed E-state index contributed by atoms with van der Waals surface area (Å²) in [5, 5.41) is 18.4. The third kappa shape index (κ3) is 5.29. The quantitative estimate of drug-likeness (QED) is 0.308. The van der Waals surface area contributed by atoms with E-state index in [4.69, 9.17) is 5.10 Å². The van der Waals surface area contributed by atoms with E-state index in [-0.39, 0.29) is 17.5 Å². The highest BCUT2D eigenvalue weighted by Gasteiger charge is 2.22. The summed E-state index contributed by atoms with van der Waals surface area (Å²) in [4.78, 5) is 24.6. The van der Waals surface area contributed by atoms with E-state index in [1.165, 1.54) is 32.1 Å². The second-order valence-electron chi connectivity index (χ2n) is 10.2. The highest BCUT2D eigenvalue weighted by atomic mass is 16.4. The zero-order valence-corrected chi connectivity index (χ0v) is 21.4. The van der Waals surface area contributed by atoms with Crippen LogP contribution in [0.5, 0.6) is 0 Å². The summed E-state index contributed by atoms with van der Waals surface area (Å²) < 4.78 is 1.96. The molecule has 1 saturated carbocycles. The molecule has 5 rings (SSSR count). The molecule has 1 fully saturated rings. The smallest absolute Gasteiger partial charge is 0.336 e. The van der Waals surface area contributed by atoms with E-state index >= 15 is 0 Å². The highest BCUT2D eigenvalue weighted by molar-refractivity contribution is 5.99. The molecule has 0 saturated heterocycles. The van der Waals surface area contributed by atoms with Crippen molar-refractivity contribution in [1.29, 1.82) is 0 Å². The van der Waals surface area contributed by atoms with Crippen LogP contribution >= 0.6 is 0 Å². The average Bonchev–Trinajstić information content (AvgIpc) is 3.23. The third-order valence-electron chi connectivity index (χ3n) is 7.67. The Kier molecular flexibility index (Phi) is 7.08. The maximum atomic E-state index is 13.0. The maximum Gasteiger partial charge on any atom is 0.336 e. The molecule has 2 N–H and O–H groups in total. The van der Waals surface area contributed by atoms with Crippen molar-refractivity contribution in [1.82, 2.24) is 15.1 Å². The predicted molar refractivity (Wildman–Crippen MR) is 146 cm³/mol. The average molecular weight is 496 g/mol. The minimum Gasteiger partial charge on any atom is -0.478 e. The number of carboxylic acids is 1. The molecule has 0 bridgehead atoms. The Balaban J connectivity index is 1.33. The number of nitrogens with zero attached hydrogens (tertiary/aromatic N) is 2. The van der Waals surface area contributed by atoms with Gasteiger partial charge >= 0.3 is 5.97 Å². The second-order valence-corrected chi connectivity index (χ2v) is 10.2. The molecule has 1 aliphatic carbocycles. The number of aromatic nitrogens is 2. The molecule has 37 heavy (non-hydrogen) atoms. The van der Waals surface area contributed by atoms with Crippen LogP contribution in [0.2, 0.25) is 0 Å². The van der Waals surface area contributed by atoms with Crippen molar-refractivity contribution in [2.24, 2.45) is 5.92 Å². The molecule has 1 atom stereocenters. The highest BCUT2D eigenvalue weighted by Crippen LogP contribution is 2.28. The number of hydrogen-bond donors (Lipinski definition) is 2. The van der Waals surface area contributed by atoms with Crippen LogP contribution in [0.3, 0.4) is 0 Å². The Morgan fingerprint density at radius 1 is 1.03 bits per heavy atom. The molecular formula is C31H33N3O3. The lowest BCUT2D eigenvalue weighted by Gasteiger charge is -2.28. The van der Waals surface area contributed by atoms with Crippen LogP contribution < -0.4 is 5.32 Å². The fraction of sp³-hybridized carbons (Fsp3) is 0.323. The molecule has 6 nitrogen and oxygen atoms in total. The summed E-state index contributed by atoms with van der Waals surface area (Å²) >= 11 is 0. The van der Waals surface area contributed by atoms with Crippen molar-refractivity contribution >= 4 is 22.8 Å². The van der Waals surface area contributed by atoms with Gasteiger partial charge in [-0.25, -0.2) is 4.79 Å². The topological polar surface area (TPSA) is 84.2 Å².